The van der Waals surface area contributed by atoms with Crippen LogP contribution in [0.1, 0.15) is 30.9 Å². The van der Waals surface area contributed by atoms with Crippen molar-refractivity contribution in [2.45, 2.75) is 19.8 Å². The van der Waals surface area contributed by atoms with Crippen LogP contribution in [0.25, 0.3) is 6.08 Å². The second kappa shape index (κ2) is 6.68. The molecule has 0 radical (unpaired) electrons. The van der Waals surface area contributed by atoms with Crippen molar-refractivity contribution >= 4 is 18.0 Å². The molecule has 0 aliphatic carbocycles. The number of carbonyl (C=O) groups excluding carboxylic acids is 1. The molecule has 1 unspecified atom stereocenters. The van der Waals surface area contributed by atoms with Gasteiger partial charge in [0.15, 0.2) is 0 Å². The minimum absolute atomic E-state index is 0.106. The topological polar surface area (TPSA) is 63.6 Å². The molecular formula is C14H15FO4. The molecule has 1 atom stereocenters. The van der Waals surface area contributed by atoms with Gasteiger partial charge in [0.25, 0.3) is 0 Å². The molecule has 1 rings (SSSR count). The minimum Gasteiger partial charge on any atom is -0.481 e. The summed E-state index contributed by atoms with van der Waals surface area (Å²) in [6, 6.07) is 6.27. The summed E-state index contributed by atoms with van der Waals surface area (Å²) >= 11 is 0. The highest BCUT2D eigenvalue weighted by atomic mass is 19.1. The number of ether oxygens (including phenoxy) is 1. The second-order valence-corrected chi connectivity index (χ2v) is 3.94. The number of hydrogen-bond acceptors (Lipinski definition) is 3. The van der Waals surface area contributed by atoms with Crippen LogP contribution in [-0.4, -0.2) is 23.7 Å². The van der Waals surface area contributed by atoms with Gasteiger partial charge >= 0.3 is 11.9 Å². The van der Waals surface area contributed by atoms with Crippen LogP contribution in [0, 0.1) is 0 Å². The smallest absolute Gasteiger partial charge is 0.367 e. The van der Waals surface area contributed by atoms with Gasteiger partial charge in [-0.25, -0.2) is 4.79 Å². The van der Waals surface area contributed by atoms with E-state index in [1.54, 1.807) is 38.1 Å². The van der Waals surface area contributed by atoms with Crippen molar-refractivity contribution in [2.75, 3.05) is 6.61 Å². The molecule has 0 bridgehead atoms. The molecule has 19 heavy (non-hydrogen) atoms. The summed E-state index contributed by atoms with van der Waals surface area (Å²) in [6.07, 6.45) is 1.05. The molecule has 5 heteroatoms. The van der Waals surface area contributed by atoms with E-state index in [0.717, 1.165) is 6.08 Å². The largest absolute Gasteiger partial charge is 0.481 e. The number of esters is 1. The van der Waals surface area contributed by atoms with E-state index in [0.29, 0.717) is 11.1 Å². The number of rotatable bonds is 5. The quantitative estimate of drug-likeness (QED) is 0.657. The molecule has 1 N–H and O–H groups in total. The lowest BCUT2D eigenvalue weighted by atomic mass is 10.00. The fourth-order valence-corrected chi connectivity index (χ4v) is 1.43. The fraction of sp³-hybridized carbons (Fsp3) is 0.286. The Labute approximate surface area is 110 Å². The second-order valence-electron chi connectivity index (χ2n) is 3.94. The van der Waals surface area contributed by atoms with E-state index >= 15 is 0 Å². The molecule has 1 aromatic rings. The van der Waals surface area contributed by atoms with Crippen molar-refractivity contribution in [1.82, 2.24) is 0 Å². The van der Waals surface area contributed by atoms with Gasteiger partial charge in [-0.05, 0) is 31.1 Å². The molecule has 0 aromatic heterocycles. The van der Waals surface area contributed by atoms with Crippen molar-refractivity contribution in [1.29, 1.82) is 0 Å². The molecule has 0 heterocycles. The van der Waals surface area contributed by atoms with Gasteiger partial charge in [0.2, 0.25) is 5.83 Å². The lowest BCUT2D eigenvalue weighted by Crippen LogP contribution is -2.07. The number of carbonyl (C=O) groups is 2. The predicted octanol–water partition coefficient (Wildman–Crippen LogP) is 2.75. The highest BCUT2D eigenvalue weighted by Gasteiger charge is 2.13. The van der Waals surface area contributed by atoms with Gasteiger partial charge in [-0.15, -0.1) is 0 Å². The fourth-order valence-electron chi connectivity index (χ4n) is 1.43. The van der Waals surface area contributed by atoms with Crippen LogP contribution in [0.3, 0.4) is 0 Å². The molecular weight excluding hydrogens is 251 g/mol. The first kappa shape index (κ1) is 14.9. The van der Waals surface area contributed by atoms with E-state index in [1.165, 1.54) is 0 Å². The summed E-state index contributed by atoms with van der Waals surface area (Å²) in [4.78, 5) is 21.9. The minimum atomic E-state index is -1.01. The molecule has 0 amide bonds. The number of benzene rings is 1. The van der Waals surface area contributed by atoms with E-state index in [1.807, 2.05) is 0 Å². The Morgan fingerprint density at radius 2 is 1.95 bits per heavy atom. The SMILES string of the molecule is CCOC(=O)/C(F)=C/c1ccc(C(C)C(=O)O)cc1. The number of aliphatic carboxylic acids is 1. The van der Waals surface area contributed by atoms with Gasteiger partial charge in [-0.3, -0.25) is 4.79 Å². The molecule has 1 aromatic carbocycles. The highest BCUT2D eigenvalue weighted by molar-refractivity contribution is 5.91. The third-order valence-corrected chi connectivity index (χ3v) is 2.57. The molecule has 0 aliphatic heterocycles. The zero-order chi connectivity index (χ0) is 14.4. The third kappa shape index (κ3) is 4.21. The van der Waals surface area contributed by atoms with Crippen molar-refractivity contribution in [2.24, 2.45) is 0 Å². The summed E-state index contributed by atoms with van der Waals surface area (Å²) in [5.74, 6) is -3.56. The molecule has 0 saturated heterocycles. The average Bonchev–Trinajstić information content (AvgIpc) is 2.38. The van der Waals surface area contributed by atoms with Gasteiger partial charge in [0.05, 0.1) is 12.5 Å². The maximum atomic E-state index is 13.3. The maximum Gasteiger partial charge on any atom is 0.367 e. The first-order chi connectivity index (χ1) is 8.95. The van der Waals surface area contributed by atoms with Crippen LogP contribution >= 0.6 is 0 Å². The number of carboxylic acid groups (broad SMARTS) is 1. The lowest BCUT2D eigenvalue weighted by Gasteiger charge is -2.06. The molecule has 0 aliphatic rings. The van der Waals surface area contributed by atoms with Crippen molar-refractivity contribution in [3.8, 4) is 0 Å². The summed E-state index contributed by atoms with van der Waals surface area (Å²) in [7, 11) is 0. The lowest BCUT2D eigenvalue weighted by molar-refractivity contribution is -0.140. The van der Waals surface area contributed by atoms with E-state index in [9.17, 15) is 14.0 Å². The normalized spacial score (nSPS) is 12.9. The monoisotopic (exact) mass is 266 g/mol. The first-order valence-electron chi connectivity index (χ1n) is 5.82. The van der Waals surface area contributed by atoms with Crippen LogP contribution in [0.2, 0.25) is 0 Å². The Hall–Kier alpha value is -2.17. The van der Waals surface area contributed by atoms with E-state index < -0.39 is 23.7 Å². The Morgan fingerprint density at radius 1 is 1.37 bits per heavy atom. The summed E-state index contributed by atoms with van der Waals surface area (Å²) < 4.78 is 17.9. The van der Waals surface area contributed by atoms with Gasteiger partial charge in [0.1, 0.15) is 0 Å². The van der Waals surface area contributed by atoms with Gasteiger partial charge < -0.3 is 9.84 Å². The van der Waals surface area contributed by atoms with Crippen LogP contribution in [0.4, 0.5) is 4.39 Å². The number of hydrogen-bond donors (Lipinski definition) is 1. The Kier molecular flexibility index (Phi) is 5.23. The number of carboxylic acids is 1. The van der Waals surface area contributed by atoms with Crippen LogP contribution in [0.15, 0.2) is 30.1 Å². The van der Waals surface area contributed by atoms with Gasteiger partial charge in [-0.1, -0.05) is 24.3 Å². The Balaban J connectivity index is 2.85. The van der Waals surface area contributed by atoms with Crippen LogP contribution in [0.5, 0.6) is 0 Å². The van der Waals surface area contributed by atoms with Gasteiger partial charge in [0, 0.05) is 0 Å². The number of halogens is 1. The molecule has 102 valence electrons. The van der Waals surface area contributed by atoms with Crippen LogP contribution < -0.4 is 0 Å². The van der Waals surface area contributed by atoms with E-state index in [-0.39, 0.29) is 6.61 Å². The Bertz CT molecular complexity index is 491. The van der Waals surface area contributed by atoms with Crippen LogP contribution in [-0.2, 0) is 14.3 Å². The zero-order valence-electron chi connectivity index (χ0n) is 10.7. The van der Waals surface area contributed by atoms with E-state index in [4.69, 9.17) is 5.11 Å². The third-order valence-electron chi connectivity index (χ3n) is 2.57. The predicted molar refractivity (Wildman–Crippen MR) is 68.2 cm³/mol. The van der Waals surface area contributed by atoms with Crippen molar-refractivity contribution in [3.05, 3.63) is 41.2 Å². The highest BCUT2D eigenvalue weighted by Crippen LogP contribution is 2.17. The summed E-state index contributed by atoms with van der Waals surface area (Å²) in [5, 5.41) is 8.85. The molecule has 4 nitrogen and oxygen atoms in total. The van der Waals surface area contributed by atoms with E-state index in [2.05, 4.69) is 4.74 Å². The molecule has 0 spiro atoms. The maximum absolute atomic E-state index is 13.3. The zero-order valence-corrected chi connectivity index (χ0v) is 10.7. The van der Waals surface area contributed by atoms with Crippen molar-refractivity contribution in [3.63, 3.8) is 0 Å². The standard InChI is InChI=1S/C14H15FO4/c1-3-19-14(18)12(15)8-10-4-6-11(7-5-10)9(2)13(16)17/h4-9H,3H2,1-2H3,(H,16,17)/b12-8-. The van der Waals surface area contributed by atoms with Crippen molar-refractivity contribution < 1.29 is 23.8 Å². The average molecular weight is 266 g/mol. The molecule has 0 saturated carbocycles. The molecule has 0 fully saturated rings. The van der Waals surface area contributed by atoms with Gasteiger partial charge in [-0.2, -0.15) is 4.39 Å². The summed E-state index contributed by atoms with van der Waals surface area (Å²) in [5.41, 5.74) is 1.08. The Morgan fingerprint density at radius 3 is 2.42 bits per heavy atom. The first-order valence-corrected chi connectivity index (χ1v) is 5.82. The summed E-state index contributed by atoms with van der Waals surface area (Å²) in [6.45, 7) is 3.26.